The number of aromatic nitrogens is 4. The number of methoxy groups -OCH3 is 1. The summed E-state index contributed by atoms with van der Waals surface area (Å²) in [6.07, 6.45) is 2.69. The maximum absolute atomic E-state index is 13.6. The number of thiazole rings is 1. The van der Waals surface area contributed by atoms with Gasteiger partial charge in [0, 0.05) is 24.8 Å². The number of benzene rings is 1. The number of nitrogens with zero attached hydrogens (tertiary/aromatic N) is 5. The van der Waals surface area contributed by atoms with Crippen LogP contribution >= 0.6 is 11.3 Å². The number of amides is 2. The molecule has 3 aromatic heterocycles. The molecule has 0 radical (unpaired) electrons. The first-order chi connectivity index (χ1) is 17.8. The van der Waals surface area contributed by atoms with Gasteiger partial charge in [0.15, 0.2) is 11.3 Å². The molecule has 2 amide bonds. The second-order valence-corrected chi connectivity index (χ2v) is 9.90. The van der Waals surface area contributed by atoms with E-state index in [1.54, 1.807) is 42.5 Å². The molecule has 4 aromatic rings. The lowest BCUT2D eigenvalue weighted by molar-refractivity contribution is 0.0539. The number of halogens is 1. The SMILES string of the molecule is COc1cccc(C(=O)NC2CN(C(=O)c3nc(N[C@@H](C)c4cncc(F)c4)nc4nc(C)sc34)C2)c1. The van der Waals surface area contributed by atoms with Gasteiger partial charge in [0.2, 0.25) is 5.95 Å². The van der Waals surface area contributed by atoms with Gasteiger partial charge in [0.25, 0.3) is 11.8 Å². The van der Waals surface area contributed by atoms with Crippen molar-refractivity contribution in [2.45, 2.75) is 25.9 Å². The Morgan fingerprint density at radius 1 is 1.19 bits per heavy atom. The molecule has 0 bridgehead atoms. The molecule has 37 heavy (non-hydrogen) atoms. The van der Waals surface area contributed by atoms with Gasteiger partial charge in [0.05, 0.1) is 30.4 Å². The number of pyridine rings is 1. The zero-order valence-corrected chi connectivity index (χ0v) is 21.2. The molecule has 1 atom stereocenters. The van der Waals surface area contributed by atoms with Gasteiger partial charge in [-0.15, -0.1) is 11.3 Å². The molecule has 190 valence electrons. The van der Waals surface area contributed by atoms with Gasteiger partial charge in [-0.05, 0) is 43.7 Å². The van der Waals surface area contributed by atoms with E-state index in [-0.39, 0.29) is 35.5 Å². The van der Waals surface area contributed by atoms with Crippen LogP contribution in [0, 0.1) is 12.7 Å². The predicted molar refractivity (Wildman–Crippen MR) is 136 cm³/mol. The molecule has 0 spiro atoms. The number of anilines is 1. The smallest absolute Gasteiger partial charge is 0.274 e. The van der Waals surface area contributed by atoms with Crippen molar-refractivity contribution in [2.24, 2.45) is 0 Å². The Kier molecular flexibility index (Phi) is 6.66. The van der Waals surface area contributed by atoms with E-state index in [4.69, 9.17) is 4.74 Å². The van der Waals surface area contributed by atoms with Crippen molar-refractivity contribution in [2.75, 3.05) is 25.5 Å². The fourth-order valence-electron chi connectivity index (χ4n) is 4.00. The molecule has 12 heteroatoms. The molecular weight excluding hydrogens is 497 g/mol. The van der Waals surface area contributed by atoms with Crippen molar-refractivity contribution in [3.63, 3.8) is 0 Å². The van der Waals surface area contributed by atoms with E-state index in [0.717, 1.165) is 11.2 Å². The molecule has 1 aliphatic heterocycles. The molecule has 10 nitrogen and oxygen atoms in total. The van der Waals surface area contributed by atoms with Gasteiger partial charge in [-0.2, -0.15) is 4.98 Å². The molecule has 1 saturated heterocycles. The summed E-state index contributed by atoms with van der Waals surface area (Å²) in [5, 5.41) is 6.81. The first kappa shape index (κ1) is 24.5. The molecule has 1 fully saturated rings. The second-order valence-electron chi connectivity index (χ2n) is 8.70. The maximum Gasteiger partial charge on any atom is 0.274 e. The summed E-state index contributed by atoms with van der Waals surface area (Å²) in [6.45, 7) is 4.36. The highest BCUT2D eigenvalue weighted by Gasteiger charge is 2.34. The molecule has 0 aliphatic carbocycles. The summed E-state index contributed by atoms with van der Waals surface area (Å²) in [6, 6.07) is 7.73. The highest BCUT2D eigenvalue weighted by Crippen LogP contribution is 2.28. The molecule has 1 aromatic carbocycles. The number of carbonyl (C=O) groups is 2. The lowest BCUT2D eigenvalue weighted by Gasteiger charge is -2.39. The molecular formula is C25H24FN7O3S. The highest BCUT2D eigenvalue weighted by molar-refractivity contribution is 7.18. The monoisotopic (exact) mass is 521 g/mol. The van der Waals surface area contributed by atoms with Crippen LogP contribution in [-0.2, 0) is 0 Å². The van der Waals surface area contributed by atoms with Gasteiger partial charge in [0.1, 0.15) is 16.3 Å². The van der Waals surface area contributed by atoms with Crippen LogP contribution < -0.4 is 15.4 Å². The fraction of sp³-hybridized carbons (Fsp3) is 0.280. The van der Waals surface area contributed by atoms with Crippen LogP contribution in [0.25, 0.3) is 10.3 Å². The Bertz CT molecular complexity index is 1490. The predicted octanol–water partition coefficient (Wildman–Crippen LogP) is 3.36. The van der Waals surface area contributed by atoms with Crippen molar-refractivity contribution in [1.82, 2.24) is 30.2 Å². The average Bonchev–Trinajstić information content (AvgIpc) is 3.24. The van der Waals surface area contributed by atoms with Crippen LogP contribution in [0.2, 0.25) is 0 Å². The van der Waals surface area contributed by atoms with E-state index in [9.17, 15) is 14.0 Å². The standard InChI is InChI=1S/C25H24FN7O3S/c1-13(16-7-17(26)10-27-9-16)28-25-31-20(21-22(32-25)29-14(2)37-21)24(35)33-11-18(12-33)30-23(34)15-5-4-6-19(8-15)36-3/h4-10,13,18H,11-12H2,1-3H3,(H,30,34)(H,28,31,32)/t13-/m0/s1. The largest absolute Gasteiger partial charge is 0.497 e. The van der Waals surface area contributed by atoms with E-state index in [2.05, 4.69) is 30.6 Å². The lowest BCUT2D eigenvalue weighted by atomic mass is 10.1. The minimum Gasteiger partial charge on any atom is -0.497 e. The molecule has 0 unspecified atom stereocenters. The summed E-state index contributed by atoms with van der Waals surface area (Å²) < 4.78 is 19.4. The van der Waals surface area contributed by atoms with Crippen molar-refractivity contribution in [1.29, 1.82) is 0 Å². The number of ether oxygens (including phenoxy) is 1. The summed E-state index contributed by atoms with van der Waals surface area (Å²) in [7, 11) is 1.54. The van der Waals surface area contributed by atoms with Crippen molar-refractivity contribution >= 4 is 39.4 Å². The van der Waals surface area contributed by atoms with Crippen LogP contribution in [0.1, 0.15) is 44.4 Å². The van der Waals surface area contributed by atoms with Gasteiger partial charge in [-0.25, -0.2) is 14.4 Å². The minimum absolute atomic E-state index is 0.179. The third-order valence-electron chi connectivity index (χ3n) is 5.97. The Hall–Kier alpha value is -4.19. The van der Waals surface area contributed by atoms with Crippen LogP contribution in [-0.4, -0.2) is 62.9 Å². The van der Waals surface area contributed by atoms with E-state index in [1.165, 1.54) is 17.4 Å². The Morgan fingerprint density at radius 2 is 2.00 bits per heavy atom. The summed E-state index contributed by atoms with van der Waals surface area (Å²) in [4.78, 5) is 44.9. The number of rotatable bonds is 7. The Balaban J connectivity index is 1.30. The van der Waals surface area contributed by atoms with Crippen LogP contribution in [0.3, 0.4) is 0 Å². The van der Waals surface area contributed by atoms with Crippen LogP contribution in [0.15, 0.2) is 42.7 Å². The molecule has 0 saturated carbocycles. The lowest BCUT2D eigenvalue weighted by Crippen LogP contribution is -2.61. The fourth-order valence-corrected chi connectivity index (χ4v) is 4.84. The van der Waals surface area contributed by atoms with E-state index in [1.807, 2.05) is 13.8 Å². The summed E-state index contributed by atoms with van der Waals surface area (Å²) >= 11 is 1.34. The Labute approximate surface area is 215 Å². The molecule has 2 N–H and O–H groups in total. The quantitative estimate of drug-likeness (QED) is 0.380. The summed E-state index contributed by atoms with van der Waals surface area (Å²) in [5.74, 6) is -0.143. The first-order valence-corrected chi connectivity index (χ1v) is 12.4. The molecule has 5 rings (SSSR count). The Morgan fingerprint density at radius 3 is 2.76 bits per heavy atom. The minimum atomic E-state index is -0.445. The van der Waals surface area contributed by atoms with Gasteiger partial charge >= 0.3 is 0 Å². The number of carbonyl (C=O) groups excluding carboxylic acids is 2. The number of hydrogen-bond donors (Lipinski definition) is 2. The molecule has 1 aliphatic rings. The van der Waals surface area contributed by atoms with Gasteiger partial charge in [-0.3, -0.25) is 14.6 Å². The number of nitrogens with one attached hydrogen (secondary N) is 2. The average molecular weight is 522 g/mol. The van der Waals surface area contributed by atoms with E-state index >= 15 is 0 Å². The second kappa shape index (κ2) is 10.1. The zero-order valence-electron chi connectivity index (χ0n) is 20.4. The zero-order chi connectivity index (χ0) is 26.1. The van der Waals surface area contributed by atoms with Crippen LogP contribution in [0.4, 0.5) is 10.3 Å². The van der Waals surface area contributed by atoms with Crippen LogP contribution in [0.5, 0.6) is 5.75 Å². The maximum atomic E-state index is 13.6. The third kappa shape index (κ3) is 5.19. The number of aryl methyl sites for hydroxylation is 1. The normalized spacial score (nSPS) is 14.2. The van der Waals surface area contributed by atoms with E-state index in [0.29, 0.717) is 40.3 Å². The highest BCUT2D eigenvalue weighted by atomic mass is 32.1. The first-order valence-electron chi connectivity index (χ1n) is 11.6. The third-order valence-corrected chi connectivity index (χ3v) is 6.94. The number of fused-ring (bicyclic) bond motifs is 1. The van der Waals surface area contributed by atoms with Crippen molar-refractivity contribution < 1.29 is 18.7 Å². The van der Waals surface area contributed by atoms with E-state index < -0.39 is 5.82 Å². The summed E-state index contributed by atoms with van der Waals surface area (Å²) in [5.41, 5.74) is 1.75. The number of hydrogen-bond acceptors (Lipinski definition) is 9. The molecule has 4 heterocycles. The van der Waals surface area contributed by atoms with Crippen molar-refractivity contribution in [3.8, 4) is 5.75 Å². The van der Waals surface area contributed by atoms with Crippen molar-refractivity contribution in [3.05, 3.63) is 70.4 Å². The van der Waals surface area contributed by atoms with Gasteiger partial charge < -0.3 is 20.3 Å². The number of likely N-dealkylation sites (tertiary alicyclic amines) is 1. The topological polar surface area (TPSA) is 122 Å². The van der Waals surface area contributed by atoms with Gasteiger partial charge in [-0.1, -0.05) is 6.07 Å².